The van der Waals surface area contributed by atoms with Gasteiger partial charge in [0.1, 0.15) is 11.4 Å². The molecular weight excluding hydrogens is 422 g/mol. The molecule has 0 aliphatic carbocycles. The number of morpholine rings is 1. The lowest BCUT2D eigenvalue weighted by molar-refractivity contribution is -0.145. The number of rotatable bonds is 6. The van der Waals surface area contributed by atoms with Gasteiger partial charge in [-0.2, -0.15) is 0 Å². The molecule has 0 radical (unpaired) electrons. The Hall–Kier alpha value is -2.78. The van der Waals surface area contributed by atoms with Crippen molar-refractivity contribution in [3.63, 3.8) is 0 Å². The minimum absolute atomic E-state index is 0.0588. The Morgan fingerprint density at radius 2 is 1.97 bits per heavy atom. The molecule has 1 unspecified atom stereocenters. The van der Waals surface area contributed by atoms with E-state index in [0.717, 1.165) is 18.5 Å². The van der Waals surface area contributed by atoms with Crippen molar-refractivity contribution in [1.29, 1.82) is 0 Å². The molecule has 0 bridgehead atoms. The molecule has 4 heterocycles. The van der Waals surface area contributed by atoms with Gasteiger partial charge in [0.25, 0.3) is 5.91 Å². The summed E-state index contributed by atoms with van der Waals surface area (Å²) in [5.74, 6) is 1.35. The van der Waals surface area contributed by atoms with E-state index in [1.807, 2.05) is 37.8 Å². The molecular formula is C24H33N5O4. The highest BCUT2D eigenvalue weighted by atomic mass is 16.5. The van der Waals surface area contributed by atoms with E-state index in [0.29, 0.717) is 50.2 Å². The normalized spacial score (nSPS) is 20.3. The number of nitrogens with zero attached hydrogens (tertiary/aromatic N) is 5. The van der Waals surface area contributed by atoms with Crippen molar-refractivity contribution in [3.8, 4) is 5.75 Å². The highest BCUT2D eigenvalue weighted by Crippen LogP contribution is 2.34. The van der Waals surface area contributed by atoms with Gasteiger partial charge in [-0.25, -0.2) is 15.0 Å². The van der Waals surface area contributed by atoms with Crippen LogP contribution in [0.2, 0.25) is 0 Å². The average Bonchev–Trinajstić information content (AvgIpc) is 2.81. The maximum Gasteiger partial charge on any atom is 0.272 e. The maximum absolute atomic E-state index is 13.1. The molecule has 2 fully saturated rings. The van der Waals surface area contributed by atoms with Crippen molar-refractivity contribution < 1.29 is 19.0 Å². The monoisotopic (exact) mass is 455 g/mol. The molecule has 2 aromatic rings. The first-order chi connectivity index (χ1) is 15.9. The summed E-state index contributed by atoms with van der Waals surface area (Å²) in [5, 5.41) is 0. The van der Waals surface area contributed by atoms with Crippen molar-refractivity contribution >= 4 is 11.9 Å². The summed E-state index contributed by atoms with van der Waals surface area (Å²) in [5.41, 5.74) is 0.802. The molecule has 4 rings (SSSR count). The Bertz CT molecular complexity index is 947. The number of pyridine rings is 1. The third kappa shape index (κ3) is 5.42. The Morgan fingerprint density at radius 1 is 1.24 bits per heavy atom. The summed E-state index contributed by atoms with van der Waals surface area (Å²) in [6.45, 7) is 8.89. The van der Waals surface area contributed by atoms with E-state index < -0.39 is 0 Å². The Morgan fingerprint density at radius 3 is 2.61 bits per heavy atom. The number of amides is 1. The average molecular weight is 456 g/mol. The van der Waals surface area contributed by atoms with Crippen LogP contribution >= 0.6 is 0 Å². The predicted octanol–water partition coefficient (Wildman–Crippen LogP) is 2.49. The van der Waals surface area contributed by atoms with Crippen LogP contribution < -0.4 is 9.64 Å². The summed E-state index contributed by atoms with van der Waals surface area (Å²) in [6.07, 6.45) is 4.95. The molecule has 33 heavy (non-hydrogen) atoms. The summed E-state index contributed by atoms with van der Waals surface area (Å²) < 4.78 is 17.7. The van der Waals surface area contributed by atoms with Gasteiger partial charge < -0.3 is 24.0 Å². The zero-order valence-electron chi connectivity index (χ0n) is 19.9. The Balaban J connectivity index is 1.44. The Kier molecular flexibility index (Phi) is 7.09. The maximum atomic E-state index is 13.1. The standard InChI is InChI=1S/C24H33N5O4/c1-17(2)32-21-7-6-20(27-18(21)3)22(30)28-12-8-24(9-13-28)16-29(14-19(33-24)15-31-4)23-25-10-5-11-26-23/h5-7,10-11,17,19H,8-9,12-16H2,1-4H3. The van der Waals surface area contributed by atoms with Crippen LogP contribution in [0.15, 0.2) is 30.6 Å². The summed E-state index contributed by atoms with van der Waals surface area (Å²) in [7, 11) is 1.68. The number of anilines is 1. The van der Waals surface area contributed by atoms with Crippen molar-refractivity contribution in [1.82, 2.24) is 19.9 Å². The van der Waals surface area contributed by atoms with Gasteiger partial charge in [-0.3, -0.25) is 4.79 Å². The molecule has 1 spiro atoms. The number of carbonyl (C=O) groups is 1. The van der Waals surface area contributed by atoms with E-state index in [9.17, 15) is 4.79 Å². The molecule has 2 aromatic heterocycles. The zero-order chi connectivity index (χ0) is 23.4. The molecule has 0 N–H and O–H groups in total. The fourth-order valence-corrected chi connectivity index (χ4v) is 4.57. The van der Waals surface area contributed by atoms with E-state index in [1.165, 1.54) is 0 Å². The summed E-state index contributed by atoms with van der Waals surface area (Å²) in [4.78, 5) is 30.5. The molecule has 9 nitrogen and oxygen atoms in total. The van der Waals surface area contributed by atoms with Gasteiger partial charge in [0, 0.05) is 39.1 Å². The topological polar surface area (TPSA) is 89.9 Å². The number of carbonyl (C=O) groups excluding carboxylic acids is 1. The zero-order valence-corrected chi connectivity index (χ0v) is 19.9. The van der Waals surface area contributed by atoms with Crippen LogP contribution in [0.1, 0.15) is 42.9 Å². The van der Waals surface area contributed by atoms with E-state index in [4.69, 9.17) is 14.2 Å². The van der Waals surface area contributed by atoms with Gasteiger partial charge in [0.15, 0.2) is 0 Å². The highest BCUT2D eigenvalue weighted by Gasteiger charge is 2.44. The van der Waals surface area contributed by atoms with E-state index in [1.54, 1.807) is 25.6 Å². The lowest BCUT2D eigenvalue weighted by Gasteiger charge is -2.49. The molecule has 2 aliphatic rings. The highest BCUT2D eigenvalue weighted by molar-refractivity contribution is 5.92. The third-order valence-electron chi connectivity index (χ3n) is 6.09. The van der Waals surface area contributed by atoms with Gasteiger partial charge in [-0.15, -0.1) is 0 Å². The van der Waals surface area contributed by atoms with Crippen molar-refractivity contribution in [2.75, 3.05) is 44.8 Å². The first-order valence-electron chi connectivity index (χ1n) is 11.5. The Labute approximate surface area is 195 Å². The SMILES string of the molecule is COCC1CN(c2ncccn2)CC2(CCN(C(=O)c3ccc(OC(C)C)c(C)n3)CC2)O1. The van der Waals surface area contributed by atoms with Crippen molar-refractivity contribution in [2.24, 2.45) is 0 Å². The first kappa shape index (κ1) is 23.4. The fraction of sp³-hybridized carbons (Fsp3) is 0.583. The van der Waals surface area contributed by atoms with Gasteiger partial charge in [0.2, 0.25) is 5.95 Å². The molecule has 1 atom stereocenters. The van der Waals surface area contributed by atoms with Gasteiger partial charge >= 0.3 is 0 Å². The predicted molar refractivity (Wildman–Crippen MR) is 124 cm³/mol. The number of methoxy groups -OCH3 is 1. The molecule has 9 heteroatoms. The van der Waals surface area contributed by atoms with Crippen LogP contribution in [0.4, 0.5) is 5.95 Å². The second-order valence-electron chi connectivity index (χ2n) is 9.05. The number of ether oxygens (including phenoxy) is 3. The second kappa shape index (κ2) is 10.0. The number of hydrogen-bond donors (Lipinski definition) is 0. The van der Waals surface area contributed by atoms with E-state index in [2.05, 4.69) is 19.9 Å². The molecule has 2 saturated heterocycles. The van der Waals surface area contributed by atoms with Crippen LogP contribution in [0.3, 0.4) is 0 Å². The van der Waals surface area contributed by atoms with E-state index >= 15 is 0 Å². The number of aryl methyl sites for hydroxylation is 1. The second-order valence-corrected chi connectivity index (χ2v) is 9.05. The van der Waals surface area contributed by atoms with Crippen LogP contribution in [0, 0.1) is 6.92 Å². The van der Waals surface area contributed by atoms with Crippen LogP contribution in [-0.4, -0.2) is 83.5 Å². The lowest BCUT2D eigenvalue weighted by Crippen LogP contribution is -2.61. The van der Waals surface area contributed by atoms with Crippen LogP contribution in [0.25, 0.3) is 0 Å². The van der Waals surface area contributed by atoms with Crippen molar-refractivity contribution in [2.45, 2.75) is 51.4 Å². The number of piperidine rings is 1. The molecule has 178 valence electrons. The third-order valence-corrected chi connectivity index (χ3v) is 6.09. The minimum Gasteiger partial charge on any atom is -0.489 e. The fourth-order valence-electron chi connectivity index (χ4n) is 4.57. The van der Waals surface area contributed by atoms with Gasteiger partial charge in [-0.05, 0) is 51.8 Å². The minimum atomic E-state index is -0.365. The molecule has 0 aromatic carbocycles. The van der Waals surface area contributed by atoms with Crippen LogP contribution in [-0.2, 0) is 9.47 Å². The number of likely N-dealkylation sites (tertiary alicyclic amines) is 1. The number of aromatic nitrogens is 3. The molecule has 0 saturated carbocycles. The largest absolute Gasteiger partial charge is 0.489 e. The smallest absolute Gasteiger partial charge is 0.272 e. The van der Waals surface area contributed by atoms with Crippen molar-refractivity contribution in [3.05, 3.63) is 42.0 Å². The summed E-state index contributed by atoms with van der Waals surface area (Å²) in [6, 6.07) is 5.39. The van der Waals surface area contributed by atoms with Gasteiger partial charge in [-0.1, -0.05) is 0 Å². The van der Waals surface area contributed by atoms with Crippen LogP contribution in [0.5, 0.6) is 5.75 Å². The quantitative estimate of drug-likeness (QED) is 0.656. The first-order valence-corrected chi connectivity index (χ1v) is 11.5. The van der Waals surface area contributed by atoms with E-state index in [-0.39, 0.29) is 23.7 Å². The van der Waals surface area contributed by atoms with Gasteiger partial charge in [0.05, 0.1) is 36.7 Å². The molecule has 1 amide bonds. The molecule has 2 aliphatic heterocycles. The number of hydrogen-bond acceptors (Lipinski definition) is 8. The lowest BCUT2D eigenvalue weighted by atomic mass is 9.88. The summed E-state index contributed by atoms with van der Waals surface area (Å²) >= 11 is 0.